The first-order valence-electron chi connectivity index (χ1n) is 9.21. The summed E-state index contributed by atoms with van der Waals surface area (Å²) in [4.78, 5) is 0. The molecule has 2 N–H and O–H groups in total. The molecule has 0 aromatic rings. The van der Waals surface area contributed by atoms with Crippen LogP contribution in [0.3, 0.4) is 0 Å². The molecule has 4 heteroatoms. The van der Waals surface area contributed by atoms with E-state index in [4.69, 9.17) is 10.0 Å². The largest absolute Gasteiger partial charge is 0.461 e. The second kappa shape index (κ2) is 18.4. The van der Waals surface area contributed by atoms with Gasteiger partial charge >= 0.3 is 7.12 Å². The molecule has 0 heterocycles. The lowest BCUT2D eigenvalue weighted by atomic mass is 9.98. The van der Waals surface area contributed by atoms with Gasteiger partial charge in [0.05, 0.1) is 0 Å². The summed E-state index contributed by atoms with van der Waals surface area (Å²) in [6.07, 6.45) is 19.5. The number of rotatable bonds is 17. The molecule has 0 aromatic heterocycles. The van der Waals surface area contributed by atoms with Gasteiger partial charge in [0, 0.05) is 5.65 Å². The highest BCUT2D eigenvalue weighted by Gasteiger charge is 2.04. The highest BCUT2D eigenvalue weighted by atomic mass is 32.2. The van der Waals surface area contributed by atoms with Crippen LogP contribution in [0.5, 0.6) is 0 Å². The van der Waals surface area contributed by atoms with Crippen LogP contribution in [0.1, 0.15) is 96.8 Å². The summed E-state index contributed by atoms with van der Waals surface area (Å²) in [5.74, 6) is 1.07. The van der Waals surface area contributed by atoms with Crippen molar-refractivity contribution < 1.29 is 10.0 Å². The minimum atomic E-state index is -1.14. The summed E-state index contributed by atoms with van der Waals surface area (Å²) in [5, 5.41) is 17.4. The van der Waals surface area contributed by atoms with Gasteiger partial charge in [-0.1, -0.05) is 90.4 Å². The van der Waals surface area contributed by atoms with Gasteiger partial charge in [0.25, 0.3) is 0 Å². The van der Waals surface area contributed by atoms with E-state index >= 15 is 0 Å². The second-order valence-electron chi connectivity index (χ2n) is 6.15. The number of unbranched alkanes of at least 4 members (excludes halogenated alkanes) is 13. The highest BCUT2D eigenvalue weighted by molar-refractivity contribution is 8.00. The number of hydrogen-bond donors (Lipinski definition) is 2. The molecule has 0 aliphatic heterocycles. The van der Waals surface area contributed by atoms with E-state index in [9.17, 15) is 0 Å². The van der Waals surface area contributed by atoms with Gasteiger partial charge in [-0.25, -0.2) is 0 Å². The van der Waals surface area contributed by atoms with E-state index in [1.165, 1.54) is 89.9 Å². The van der Waals surface area contributed by atoms with Crippen molar-refractivity contribution in [2.24, 2.45) is 0 Å². The maximum Gasteiger partial charge on any atom is 0.461 e. The van der Waals surface area contributed by atoms with Gasteiger partial charge in [-0.15, -0.1) is 0 Å². The van der Waals surface area contributed by atoms with Gasteiger partial charge in [-0.05, 0) is 12.2 Å². The zero-order valence-corrected chi connectivity index (χ0v) is 15.0. The van der Waals surface area contributed by atoms with Gasteiger partial charge in [0.2, 0.25) is 0 Å². The van der Waals surface area contributed by atoms with Crippen molar-refractivity contribution in [3.63, 3.8) is 0 Å². The molecule has 0 unspecified atom stereocenters. The van der Waals surface area contributed by atoms with Crippen LogP contribution in [-0.4, -0.2) is 28.6 Å². The average molecular weight is 316 g/mol. The molecule has 0 saturated carbocycles. The maximum atomic E-state index is 8.70. The smallest absolute Gasteiger partial charge is 0.427 e. The van der Waals surface area contributed by atoms with Crippen LogP contribution in [0.15, 0.2) is 0 Å². The van der Waals surface area contributed by atoms with Crippen LogP contribution in [0.4, 0.5) is 0 Å². The fourth-order valence-corrected chi connectivity index (χ4v) is 3.37. The van der Waals surface area contributed by atoms with Crippen molar-refractivity contribution in [1.82, 2.24) is 0 Å². The summed E-state index contributed by atoms with van der Waals surface area (Å²) >= 11 is 1.65. The first kappa shape index (κ1) is 21.3. The van der Waals surface area contributed by atoms with Crippen LogP contribution in [0, 0.1) is 0 Å². The molecule has 21 heavy (non-hydrogen) atoms. The van der Waals surface area contributed by atoms with Crippen LogP contribution in [0.2, 0.25) is 0 Å². The minimum absolute atomic E-state index is 0.457. The van der Waals surface area contributed by atoms with E-state index < -0.39 is 7.12 Å². The van der Waals surface area contributed by atoms with Gasteiger partial charge in [-0.3, -0.25) is 0 Å². The van der Waals surface area contributed by atoms with Crippen molar-refractivity contribution in [1.29, 1.82) is 0 Å². The Morgan fingerprint density at radius 3 is 1.38 bits per heavy atom. The Morgan fingerprint density at radius 1 is 0.619 bits per heavy atom. The predicted molar refractivity (Wildman–Crippen MR) is 97.8 cm³/mol. The highest BCUT2D eigenvalue weighted by Crippen LogP contribution is 2.13. The second-order valence-corrected chi connectivity index (χ2v) is 7.30. The molecule has 0 amide bonds. The van der Waals surface area contributed by atoms with Crippen LogP contribution in [-0.2, 0) is 0 Å². The monoisotopic (exact) mass is 316 g/mol. The summed E-state index contributed by atoms with van der Waals surface area (Å²) in [6.45, 7) is 2.28. The number of hydrogen-bond acceptors (Lipinski definition) is 3. The third-order valence-corrected chi connectivity index (χ3v) is 5.02. The van der Waals surface area contributed by atoms with Crippen molar-refractivity contribution in [3.05, 3.63) is 0 Å². The van der Waals surface area contributed by atoms with Crippen LogP contribution >= 0.6 is 11.8 Å². The Morgan fingerprint density at radius 2 is 1.00 bits per heavy atom. The van der Waals surface area contributed by atoms with E-state index in [-0.39, 0.29) is 0 Å². The summed E-state index contributed by atoms with van der Waals surface area (Å²) in [5.41, 5.74) is 0.457. The van der Waals surface area contributed by atoms with Crippen molar-refractivity contribution in [2.75, 3.05) is 11.4 Å². The molecule has 0 aromatic carbocycles. The lowest BCUT2D eigenvalue weighted by molar-refractivity contribution is 0.415. The van der Waals surface area contributed by atoms with Crippen molar-refractivity contribution >= 4 is 18.9 Å². The molecule has 0 radical (unpaired) electrons. The molecule has 0 saturated heterocycles. The van der Waals surface area contributed by atoms with Crippen molar-refractivity contribution in [3.8, 4) is 0 Å². The molecular weight excluding hydrogens is 279 g/mol. The standard InChI is InChI=1S/C17H37BO2S/c1-2-3-4-5-6-7-8-9-10-11-12-13-14-15-16-21-17-18(19)20/h19-20H,2-17H2,1H3. The van der Waals surface area contributed by atoms with E-state index in [2.05, 4.69) is 6.92 Å². The Kier molecular flexibility index (Phi) is 18.7. The van der Waals surface area contributed by atoms with Gasteiger partial charge in [0.1, 0.15) is 0 Å². The molecular formula is C17H37BO2S. The summed E-state index contributed by atoms with van der Waals surface area (Å²) < 4.78 is 0. The quantitative estimate of drug-likeness (QED) is 0.286. The SMILES string of the molecule is CCCCCCCCCCCCCCCCSCB(O)O. The Hall–Kier alpha value is 0.335. The van der Waals surface area contributed by atoms with Crippen molar-refractivity contribution in [2.45, 2.75) is 96.8 Å². The zero-order chi connectivity index (χ0) is 15.6. The van der Waals surface area contributed by atoms with Gasteiger partial charge in [0.15, 0.2) is 0 Å². The van der Waals surface area contributed by atoms with E-state index in [1.807, 2.05) is 0 Å². The fourth-order valence-electron chi connectivity index (χ4n) is 2.59. The lowest BCUT2D eigenvalue weighted by Gasteiger charge is -2.03. The Labute approximate surface area is 137 Å². The van der Waals surface area contributed by atoms with E-state index in [1.54, 1.807) is 11.8 Å². The first-order chi connectivity index (χ1) is 10.3. The normalized spacial score (nSPS) is 11.0. The summed E-state index contributed by atoms with van der Waals surface area (Å²) in [7, 11) is -1.14. The zero-order valence-electron chi connectivity index (χ0n) is 14.2. The average Bonchev–Trinajstić information content (AvgIpc) is 2.46. The fraction of sp³-hybridized carbons (Fsp3) is 1.00. The van der Waals surface area contributed by atoms with Gasteiger partial charge < -0.3 is 10.0 Å². The van der Waals surface area contributed by atoms with E-state index in [0.717, 1.165) is 5.75 Å². The molecule has 0 fully saturated rings. The molecule has 0 aliphatic carbocycles. The molecule has 0 aliphatic rings. The third kappa shape index (κ3) is 20.3. The summed E-state index contributed by atoms with van der Waals surface area (Å²) in [6, 6.07) is 0. The van der Waals surface area contributed by atoms with Crippen LogP contribution < -0.4 is 0 Å². The lowest BCUT2D eigenvalue weighted by Crippen LogP contribution is -2.14. The minimum Gasteiger partial charge on any atom is -0.427 e. The third-order valence-electron chi connectivity index (χ3n) is 3.91. The first-order valence-corrected chi connectivity index (χ1v) is 10.4. The molecule has 2 nitrogen and oxygen atoms in total. The number of thioether (sulfide) groups is 1. The molecule has 0 atom stereocenters. The topological polar surface area (TPSA) is 40.5 Å². The maximum absolute atomic E-state index is 8.70. The predicted octanol–water partition coefficient (Wildman–Crippen LogP) is 5.21. The molecule has 126 valence electrons. The molecule has 0 rings (SSSR count). The molecule has 0 bridgehead atoms. The Balaban J connectivity index is 2.93. The Bertz CT molecular complexity index is 192. The van der Waals surface area contributed by atoms with Gasteiger partial charge in [-0.2, -0.15) is 11.8 Å². The van der Waals surface area contributed by atoms with E-state index in [0.29, 0.717) is 5.65 Å². The van der Waals surface area contributed by atoms with Crippen LogP contribution in [0.25, 0.3) is 0 Å². The molecule has 0 spiro atoms.